The van der Waals surface area contributed by atoms with Gasteiger partial charge in [0.2, 0.25) is 5.69 Å². The van der Waals surface area contributed by atoms with Crippen LogP contribution in [0.1, 0.15) is 50.8 Å². The fraction of sp³-hybridized carbons (Fsp3) is 0.381. The van der Waals surface area contributed by atoms with E-state index >= 15 is 0 Å². The Bertz CT molecular complexity index is 732. The van der Waals surface area contributed by atoms with Crippen molar-refractivity contribution in [1.29, 1.82) is 0 Å². The molecule has 0 aliphatic carbocycles. The lowest BCUT2D eigenvalue weighted by atomic mass is 9.87. The molecule has 0 bridgehead atoms. The van der Waals surface area contributed by atoms with E-state index < -0.39 is 0 Å². The van der Waals surface area contributed by atoms with E-state index in [1.54, 1.807) is 0 Å². The molecule has 0 N–H and O–H groups in total. The van der Waals surface area contributed by atoms with Crippen LogP contribution in [0.4, 0.5) is 0 Å². The van der Waals surface area contributed by atoms with Gasteiger partial charge in [0, 0.05) is 17.7 Å². The lowest BCUT2D eigenvalue weighted by molar-refractivity contribution is -0.672. The minimum Gasteiger partial charge on any atom is -0.194 e. The van der Waals surface area contributed by atoms with Crippen molar-refractivity contribution in [2.24, 2.45) is 0 Å². The van der Waals surface area contributed by atoms with Crippen LogP contribution in [0.15, 0.2) is 48.7 Å². The second-order valence-corrected chi connectivity index (χ2v) is 7.63. The summed E-state index contributed by atoms with van der Waals surface area (Å²) in [5.74, 6) is 0. The van der Waals surface area contributed by atoms with E-state index in [0.29, 0.717) is 0 Å². The Hall–Kier alpha value is -1.89. The molecule has 2 heterocycles. The molecular formula is C21H26N+. The van der Waals surface area contributed by atoms with Gasteiger partial charge in [0.15, 0.2) is 12.7 Å². The van der Waals surface area contributed by atoms with Gasteiger partial charge in [-0.15, -0.1) is 6.58 Å². The molecule has 1 heteroatoms. The Balaban J connectivity index is 1.94. The van der Waals surface area contributed by atoms with Gasteiger partial charge in [0.1, 0.15) is 0 Å². The molecule has 0 amide bonds. The molecule has 0 saturated carbocycles. The molecule has 22 heavy (non-hydrogen) atoms. The Labute approximate surface area is 134 Å². The molecule has 0 atom stereocenters. The summed E-state index contributed by atoms with van der Waals surface area (Å²) in [7, 11) is 0. The Morgan fingerprint density at radius 2 is 1.95 bits per heavy atom. The molecule has 1 aromatic carbocycles. The molecule has 0 saturated heterocycles. The summed E-state index contributed by atoms with van der Waals surface area (Å²) in [5.41, 5.74) is 8.47. The smallest absolute Gasteiger partial charge is 0.194 e. The zero-order valence-electron chi connectivity index (χ0n) is 14.2. The first-order valence-electron chi connectivity index (χ1n) is 8.15. The topological polar surface area (TPSA) is 3.88 Å². The van der Waals surface area contributed by atoms with E-state index in [-0.39, 0.29) is 5.41 Å². The standard InChI is InChI=1S/C21H26N/c1-15(2)6-7-16-8-9-19-17(12-16)14-22-11-10-18(13-20(19)22)21(3,4)5/h8-13H,1,6-7,14H2,2-5H3/q+1. The summed E-state index contributed by atoms with van der Waals surface area (Å²) in [6, 6.07) is 11.6. The molecule has 0 radical (unpaired) electrons. The minimum absolute atomic E-state index is 0.194. The maximum atomic E-state index is 4.00. The van der Waals surface area contributed by atoms with Crippen molar-refractivity contribution in [2.75, 3.05) is 0 Å². The summed E-state index contributed by atoms with van der Waals surface area (Å²) < 4.78 is 2.36. The number of pyridine rings is 1. The first-order chi connectivity index (χ1) is 10.3. The summed E-state index contributed by atoms with van der Waals surface area (Å²) in [4.78, 5) is 0. The average Bonchev–Trinajstić information content (AvgIpc) is 2.80. The fourth-order valence-electron chi connectivity index (χ4n) is 3.09. The molecule has 2 aromatic rings. The predicted octanol–water partition coefficient (Wildman–Crippen LogP) is 4.81. The van der Waals surface area contributed by atoms with E-state index in [1.165, 1.54) is 33.5 Å². The fourth-order valence-corrected chi connectivity index (χ4v) is 3.09. The van der Waals surface area contributed by atoms with Gasteiger partial charge in [-0.2, -0.15) is 4.57 Å². The molecule has 1 aliphatic heterocycles. The van der Waals surface area contributed by atoms with E-state index in [4.69, 9.17) is 0 Å². The van der Waals surface area contributed by atoms with Crippen LogP contribution < -0.4 is 4.57 Å². The molecule has 3 rings (SSSR count). The highest BCUT2D eigenvalue weighted by Gasteiger charge is 2.28. The van der Waals surface area contributed by atoms with Crippen molar-refractivity contribution in [1.82, 2.24) is 0 Å². The number of hydrogen-bond donors (Lipinski definition) is 0. The van der Waals surface area contributed by atoms with Gasteiger partial charge in [0.05, 0.1) is 5.56 Å². The first-order valence-corrected chi connectivity index (χ1v) is 8.15. The monoisotopic (exact) mass is 292 g/mol. The molecule has 0 unspecified atom stereocenters. The Morgan fingerprint density at radius 3 is 2.64 bits per heavy atom. The molecular weight excluding hydrogens is 266 g/mol. The van der Waals surface area contributed by atoms with Gasteiger partial charge in [-0.05, 0) is 48.4 Å². The number of aromatic nitrogens is 1. The summed E-state index contributed by atoms with van der Waals surface area (Å²) in [5, 5.41) is 0. The van der Waals surface area contributed by atoms with Crippen LogP contribution in [0, 0.1) is 0 Å². The number of rotatable bonds is 3. The van der Waals surface area contributed by atoms with Crippen molar-refractivity contribution in [3.63, 3.8) is 0 Å². The van der Waals surface area contributed by atoms with Gasteiger partial charge >= 0.3 is 0 Å². The van der Waals surface area contributed by atoms with Crippen LogP contribution in [-0.2, 0) is 18.4 Å². The van der Waals surface area contributed by atoms with E-state index in [1.807, 2.05) is 0 Å². The van der Waals surface area contributed by atoms with Gasteiger partial charge < -0.3 is 0 Å². The zero-order chi connectivity index (χ0) is 15.9. The summed E-state index contributed by atoms with van der Waals surface area (Å²) in [6.07, 6.45) is 4.41. The van der Waals surface area contributed by atoms with E-state index in [0.717, 1.165) is 19.4 Å². The van der Waals surface area contributed by atoms with Gasteiger partial charge in [0.25, 0.3) is 0 Å². The largest absolute Gasteiger partial charge is 0.213 e. The molecule has 1 aliphatic rings. The number of aryl methyl sites for hydroxylation is 1. The molecule has 1 aromatic heterocycles. The number of hydrogen-bond acceptors (Lipinski definition) is 0. The van der Waals surface area contributed by atoms with E-state index in [9.17, 15) is 0 Å². The lowest BCUT2D eigenvalue weighted by Crippen LogP contribution is -2.32. The van der Waals surface area contributed by atoms with Gasteiger partial charge in [-0.1, -0.05) is 32.4 Å². The molecule has 114 valence electrons. The van der Waals surface area contributed by atoms with Crippen LogP contribution in [0.2, 0.25) is 0 Å². The minimum atomic E-state index is 0.194. The maximum Gasteiger partial charge on any atom is 0.213 e. The first kappa shape index (κ1) is 15.0. The third-order valence-corrected chi connectivity index (χ3v) is 4.53. The molecule has 1 nitrogen and oxygen atoms in total. The second kappa shape index (κ2) is 5.39. The highest BCUT2D eigenvalue weighted by atomic mass is 15.0. The van der Waals surface area contributed by atoms with Crippen molar-refractivity contribution in [3.8, 4) is 11.3 Å². The van der Waals surface area contributed by atoms with Crippen LogP contribution >= 0.6 is 0 Å². The zero-order valence-corrected chi connectivity index (χ0v) is 14.2. The van der Waals surface area contributed by atoms with Gasteiger partial charge in [-0.25, -0.2) is 0 Å². The summed E-state index contributed by atoms with van der Waals surface area (Å²) >= 11 is 0. The summed E-state index contributed by atoms with van der Waals surface area (Å²) in [6.45, 7) is 13.9. The third-order valence-electron chi connectivity index (χ3n) is 4.53. The second-order valence-electron chi connectivity index (χ2n) is 7.63. The number of nitrogens with zero attached hydrogens (tertiary/aromatic N) is 1. The van der Waals surface area contributed by atoms with Crippen molar-refractivity contribution < 1.29 is 4.57 Å². The van der Waals surface area contributed by atoms with Crippen molar-refractivity contribution in [2.45, 2.75) is 52.5 Å². The average molecular weight is 292 g/mol. The van der Waals surface area contributed by atoms with Crippen LogP contribution in [-0.4, -0.2) is 0 Å². The SMILES string of the molecule is C=C(C)CCc1ccc2c(c1)C[n+]1ccc(C(C)(C)C)cc1-2. The maximum absolute atomic E-state index is 4.00. The van der Waals surface area contributed by atoms with Gasteiger partial charge in [-0.3, -0.25) is 0 Å². The van der Waals surface area contributed by atoms with Crippen molar-refractivity contribution in [3.05, 3.63) is 65.4 Å². The quantitative estimate of drug-likeness (QED) is 0.482. The molecule has 0 spiro atoms. The normalized spacial score (nSPS) is 12.9. The lowest BCUT2D eigenvalue weighted by Gasteiger charge is -2.18. The highest BCUT2D eigenvalue weighted by Crippen LogP contribution is 2.31. The number of allylic oxidation sites excluding steroid dienone is 1. The van der Waals surface area contributed by atoms with Crippen LogP contribution in [0.5, 0.6) is 0 Å². The number of benzene rings is 1. The molecule has 0 fully saturated rings. The van der Waals surface area contributed by atoms with Crippen LogP contribution in [0.3, 0.4) is 0 Å². The Morgan fingerprint density at radius 1 is 1.18 bits per heavy atom. The van der Waals surface area contributed by atoms with Crippen molar-refractivity contribution >= 4 is 0 Å². The third kappa shape index (κ3) is 2.85. The highest BCUT2D eigenvalue weighted by molar-refractivity contribution is 5.64. The number of fused-ring (bicyclic) bond motifs is 3. The predicted molar refractivity (Wildman–Crippen MR) is 93.0 cm³/mol. The Kier molecular flexibility index (Phi) is 3.68. The van der Waals surface area contributed by atoms with E-state index in [2.05, 4.69) is 75.4 Å². The van der Waals surface area contributed by atoms with Crippen LogP contribution in [0.25, 0.3) is 11.3 Å².